The zero-order valence-corrected chi connectivity index (χ0v) is 14.9. The second-order valence-electron chi connectivity index (χ2n) is 6.72. The Morgan fingerprint density at radius 1 is 0.696 bits per heavy atom. The Kier molecular flexibility index (Phi) is 10.0. The number of carbonyl (C=O) groups excluding carboxylic acids is 2. The molecular formula is C16H32N2O5. The maximum atomic E-state index is 12.3. The molecule has 23 heavy (non-hydrogen) atoms. The lowest BCUT2D eigenvalue weighted by Gasteiger charge is -2.28. The van der Waals surface area contributed by atoms with Crippen LogP contribution in [0.4, 0.5) is 0 Å². The highest BCUT2D eigenvalue weighted by atomic mass is 16.3. The van der Waals surface area contributed by atoms with E-state index in [0.29, 0.717) is 6.54 Å². The van der Waals surface area contributed by atoms with Crippen LogP contribution in [0.1, 0.15) is 41.0 Å². The van der Waals surface area contributed by atoms with Crippen molar-refractivity contribution in [2.75, 3.05) is 26.2 Å². The summed E-state index contributed by atoms with van der Waals surface area (Å²) in [4.78, 5) is 27.4. The summed E-state index contributed by atoms with van der Waals surface area (Å²) < 4.78 is 0. The fourth-order valence-electron chi connectivity index (χ4n) is 2.31. The van der Waals surface area contributed by atoms with E-state index >= 15 is 0 Å². The largest absolute Gasteiger partial charge is 0.392 e. The fourth-order valence-corrected chi connectivity index (χ4v) is 2.31. The highest BCUT2D eigenvalue weighted by Crippen LogP contribution is 2.06. The molecule has 136 valence electrons. The molecule has 0 heterocycles. The van der Waals surface area contributed by atoms with Crippen molar-refractivity contribution < 1.29 is 24.9 Å². The molecule has 0 aliphatic heterocycles. The summed E-state index contributed by atoms with van der Waals surface area (Å²) in [7, 11) is 0. The van der Waals surface area contributed by atoms with Crippen LogP contribution < -0.4 is 0 Å². The number of hydrogen-bond acceptors (Lipinski definition) is 5. The van der Waals surface area contributed by atoms with Gasteiger partial charge in [-0.1, -0.05) is 13.8 Å². The van der Waals surface area contributed by atoms with E-state index < -0.39 is 24.2 Å². The van der Waals surface area contributed by atoms with Gasteiger partial charge < -0.3 is 25.1 Å². The molecular weight excluding hydrogens is 300 g/mol. The lowest BCUT2D eigenvalue weighted by Crippen LogP contribution is -2.45. The molecule has 3 N–H and O–H groups in total. The van der Waals surface area contributed by atoms with Crippen LogP contribution in [0, 0.1) is 5.92 Å². The normalized spacial score (nSPS) is 15.2. The van der Waals surface area contributed by atoms with Crippen LogP contribution in [0.5, 0.6) is 0 Å². The Morgan fingerprint density at radius 2 is 1.00 bits per heavy atom. The van der Waals surface area contributed by atoms with E-state index in [1.165, 1.54) is 9.80 Å². The van der Waals surface area contributed by atoms with Crippen molar-refractivity contribution in [3.05, 3.63) is 0 Å². The van der Waals surface area contributed by atoms with Gasteiger partial charge in [0.25, 0.3) is 0 Å². The minimum atomic E-state index is -0.739. The van der Waals surface area contributed by atoms with E-state index in [0.717, 1.165) is 0 Å². The molecule has 0 aromatic rings. The Bertz CT molecular complexity index is 315. The third-order valence-corrected chi connectivity index (χ3v) is 3.05. The fraction of sp³-hybridized carbons (Fsp3) is 0.875. The molecule has 0 saturated heterocycles. The van der Waals surface area contributed by atoms with Gasteiger partial charge in [0.2, 0.25) is 11.8 Å². The molecule has 7 nitrogen and oxygen atoms in total. The predicted octanol–water partition coefficient (Wildman–Crippen LogP) is -0.168. The summed E-state index contributed by atoms with van der Waals surface area (Å²) >= 11 is 0. The number of carbonyl (C=O) groups is 2. The van der Waals surface area contributed by atoms with Crippen molar-refractivity contribution in [3.8, 4) is 0 Å². The zero-order valence-electron chi connectivity index (χ0n) is 14.9. The van der Waals surface area contributed by atoms with Gasteiger partial charge in [0.15, 0.2) is 0 Å². The van der Waals surface area contributed by atoms with Crippen molar-refractivity contribution in [1.29, 1.82) is 0 Å². The van der Waals surface area contributed by atoms with Crippen LogP contribution >= 0.6 is 0 Å². The molecule has 7 heteroatoms. The van der Waals surface area contributed by atoms with Crippen LogP contribution in [0.15, 0.2) is 0 Å². The second-order valence-corrected chi connectivity index (χ2v) is 6.72. The standard InChI is InChI=1S/C16H32N2O5/c1-11(2)7-17(8-12(3)19)15(22)6-16(23)18(9-13(4)20)10-14(5)21/h11-14,19-21H,6-10H2,1-5H3. The molecule has 3 atom stereocenters. The van der Waals surface area contributed by atoms with Gasteiger partial charge in [-0.25, -0.2) is 0 Å². The van der Waals surface area contributed by atoms with Gasteiger partial charge in [-0.2, -0.15) is 0 Å². The molecule has 0 bridgehead atoms. The minimum Gasteiger partial charge on any atom is -0.392 e. The summed E-state index contributed by atoms with van der Waals surface area (Å²) in [6.07, 6.45) is -2.48. The average Bonchev–Trinajstić information content (AvgIpc) is 2.34. The molecule has 0 aliphatic carbocycles. The molecule has 0 fully saturated rings. The van der Waals surface area contributed by atoms with E-state index in [9.17, 15) is 24.9 Å². The van der Waals surface area contributed by atoms with Crippen molar-refractivity contribution in [1.82, 2.24) is 9.80 Å². The van der Waals surface area contributed by atoms with Crippen LogP contribution in [0.2, 0.25) is 0 Å². The summed E-state index contributed by atoms with van der Waals surface area (Å²) in [6, 6.07) is 0. The molecule has 0 radical (unpaired) electrons. The first-order valence-electron chi connectivity index (χ1n) is 8.12. The minimum absolute atomic E-state index is 0.0671. The van der Waals surface area contributed by atoms with Crippen LogP contribution in [-0.2, 0) is 9.59 Å². The highest BCUT2D eigenvalue weighted by molar-refractivity contribution is 5.97. The molecule has 0 saturated carbocycles. The van der Waals surface area contributed by atoms with Gasteiger partial charge in [-0.3, -0.25) is 9.59 Å². The van der Waals surface area contributed by atoms with Crippen LogP contribution in [0.25, 0.3) is 0 Å². The lowest BCUT2D eigenvalue weighted by molar-refractivity contribution is -0.143. The lowest BCUT2D eigenvalue weighted by atomic mass is 10.1. The van der Waals surface area contributed by atoms with Gasteiger partial charge >= 0.3 is 0 Å². The summed E-state index contributed by atoms with van der Waals surface area (Å²) in [5.74, 6) is -0.569. The maximum Gasteiger partial charge on any atom is 0.232 e. The topological polar surface area (TPSA) is 101 Å². The Balaban J connectivity index is 4.86. The number of rotatable bonds is 10. The van der Waals surface area contributed by atoms with Crippen molar-refractivity contribution in [2.24, 2.45) is 5.92 Å². The van der Waals surface area contributed by atoms with Gasteiger partial charge in [0, 0.05) is 26.2 Å². The Hall–Kier alpha value is -1.18. The quantitative estimate of drug-likeness (QED) is 0.482. The molecule has 3 unspecified atom stereocenters. The van der Waals surface area contributed by atoms with E-state index in [-0.39, 0.29) is 37.9 Å². The average molecular weight is 332 g/mol. The van der Waals surface area contributed by atoms with Crippen molar-refractivity contribution in [2.45, 2.75) is 59.4 Å². The van der Waals surface area contributed by atoms with E-state index in [2.05, 4.69) is 0 Å². The number of nitrogens with zero attached hydrogens (tertiary/aromatic N) is 2. The Labute approximate surface area is 138 Å². The van der Waals surface area contributed by atoms with Crippen LogP contribution in [-0.4, -0.2) is 81.4 Å². The number of aliphatic hydroxyl groups excluding tert-OH is 3. The summed E-state index contributed by atoms with van der Waals surface area (Å²) in [5.41, 5.74) is 0. The van der Waals surface area contributed by atoms with Crippen molar-refractivity contribution >= 4 is 11.8 Å². The molecule has 0 spiro atoms. The highest BCUT2D eigenvalue weighted by Gasteiger charge is 2.24. The first-order valence-corrected chi connectivity index (χ1v) is 8.12. The van der Waals surface area contributed by atoms with Crippen LogP contribution in [0.3, 0.4) is 0 Å². The summed E-state index contributed by atoms with van der Waals surface area (Å²) in [5, 5.41) is 28.4. The second kappa shape index (κ2) is 10.6. The smallest absolute Gasteiger partial charge is 0.232 e. The monoisotopic (exact) mass is 332 g/mol. The molecule has 0 aromatic heterocycles. The number of amides is 2. The zero-order chi connectivity index (χ0) is 18.2. The first kappa shape index (κ1) is 21.8. The van der Waals surface area contributed by atoms with E-state index in [4.69, 9.17) is 0 Å². The molecule has 2 amide bonds. The third kappa shape index (κ3) is 10.3. The maximum absolute atomic E-state index is 12.3. The van der Waals surface area contributed by atoms with Gasteiger partial charge in [-0.05, 0) is 26.7 Å². The van der Waals surface area contributed by atoms with E-state index in [1.54, 1.807) is 20.8 Å². The number of hydrogen-bond donors (Lipinski definition) is 3. The number of aliphatic hydroxyl groups is 3. The van der Waals surface area contributed by atoms with Gasteiger partial charge in [0.1, 0.15) is 6.42 Å². The third-order valence-electron chi connectivity index (χ3n) is 3.05. The Morgan fingerprint density at radius 3 is 1.26 bits per heavy atom. The van der Waals surface area contributed by atoms with Gasteiger partial charge in [0.05, 0.1) is 18.3 Å². The first-order chi connectivity index (χ1) is 10.5. The van der Waals surface area contributed by atoms with E-state index in [1.807, 2.05) is 13.8 Å². The SMILES string of the molecule is CC(C)CN(CC(C)O)C(=O)CC(=O)N(CC(C)O)CC(C)O. The molecule has 0 aliphatic rings. The van der Waals surface area contributed by atoms with Crippen molar-refractivity contribution in [3.63, 3.8) is 0 Å². The summed E-state index contributed by atoms with van der Waals surface area (Å²) in [6.45, 7) is 9.37. The molecule has 0 aromatic carbocycles. The van der Waals surface area contributed by atoms with Gasteiger partial charge in [-0.15, -0.1) is 0 Å². The molecule has 0 rings (SSSR count). The predicted molar refractivity (Wildman–Crippen MR) is 87.7 cm³/mol.